The van der Waals surface area contributed by atoms with Crippen molar-refractivity contribution in [3.8, 4) is 0 Å². The lowest BCUT2D eigenvalue weighted by atomic mass is 10.0. The summed E-state index contributed by atoms with van der Waals surface area (Å²) in [6.07, 6.45) is 99.4. The van der Waals surface area contributed by atoms with Gasteiger partial charge in [-0.3, -0.25) is 9.59 Å². The Morgan fingerprint density at radius 1 is 0.326 bits per heavy atom. The largest absolute Gasteiger partial charge is 0.466 e. The Bertz CT molecular complexity index is 1440. The smallest absolute Gasteiger partial charge is 0.305 e. The second-order valence-electron chi connectivity index (χ2n) is 26.7. The number of allylic oxidation sites excluding steroid dienone is 7. The molecule has 0 aromatic carbocycles. The highest BCUT2D eigenvalue weighted by molar-refractivity contribution is 5.76. The van der Waals surface area contributed by atoms with Gasteiger partial charge in [-0.15, -0.1) is 0 Å². The van der Waals surface area contributed by atoms with E-state index in [-0.39, 0.29) is 18.5 Å². The molecule has 0 saturated heterocycles. The number of aliphatic hydroxyl groups excluding tert-OH is 2. The van der Waals surface area contributed by atoms with Crippen molar-refractivity contribution in [2.45, 2.75) is 437 Å². The summed E-state index contributed by atoms with van der Waals surface area (Å²) in [7, 11) is 0. The van der Waals surface area contributed by atoms with Gasteiger partial charge in [-0.1, -0.05) is 371 Å². The Kier molecular flexibility index (Phi) is 73.4. The Hall–Kier alpha value is -2.18. The van der Waals surface area contributed by atoms with E-state index < -0.39 is 12.1 Å². The molecule has 86 heavy (non-hydrogen) atoms. The van der Waals surface area contributed by atoms with Crippen LogP contribution in [0.1, 0.15) is 425 Å². The molecule has 0 aliphatic rings. The first-order valence-electron chi connectivity index (χ1n) is 38.9. The first-order valence-corrected chi connectivity index (χ1v) is 38.9. The number of rotatable bonds is 73. The van der Waals surface area contributed by atoms with Crippen LogP contribution in [-0.4, -0.2) is 47.4 Å². The molecule has 0 radical (unpaired) electrons. The zero-order valence-corrected chi connectivity index (χ0v) is 58.1. The predicted octanol–water partition coefficient (Wildman–Crippen LogP) is 25.6. The van der Waals surface area contributed by atoms with E-state index in [9.17, 15) is 19.8 Å². The Balaban J connectivity index is 3.38. The standard InChI is InChI=1S/C80H151NO5/c1-3-5-7-9-11-13-15-17-19-20-42-45-48-52-56-60-64-68-72-78(83)77(76-82)81-79(84)73-69-65-61-57-53-49-46-43-40-38-36-34-32-30-28-26-24-22-21-23-25-27-29-31-33-35-37-39-41-44-47-51-55-59-63-67-71-75-86-80(85)74-70-66-62-58-54-50-18-16-14-12-10-8-6-4-2/h16,18,21,23,27,29,68,72,77-78,82-83H,3-15,17,19-20,22,24-26,28,30-67,69-71,73-76H2,1-2H3,(H,81,84)/b18-16-,23-21-,29-27-,72-68+. The third-order valence-electron chi connectivity index (χ3n) is 18.1. The van der Waals surface area contributed by atoms with E-state index in [2.05, 4.69) is 55.6 Å². The van der Waals surface area contributed by atoms with Gasteiger partial charge in [0.05, 0.1) is 25.4 Å². The van der Waals surface area contributed by atoms with Crippen LogP contribution in [-0.2, 0) is 14.3 Å². The Morgan fingerprint density at radius 3 is 0.895 bits per heavy atom. The van der Waals surface area contributed by atoms with Gasteiger partial charge in [-0.25, -0.2) is 0 Å². The van der Waals surface area contributed by atoms with Gasteiger partial charge in [0.2, 0.25) is 5.91 Å². The second-order valence-corrected chi connectivity index (χ2v) is 26.7. The highest BCUT2D eigenvalue weighted by Gasteiger charge is 2.18. The summed E-state index contributed by atoms with van der Waals surface area (Å²) in [4.78, 5) is 24.6. The number of ether oxygens (including phenoxy) is 1. The molecule has 3 N–H and O–H groups in total. The van der Waals surface area contributed by atoms with Crippen molar-refractivity contribution in [1.82, 2.24) is 5.32 Å². The van der Waals surface area contributed by atoms with Gasteiger partial charge >= 0.3 is 5.97 Å². The van der Waals surface area contributed by atoms with Crippen LogP contribution in [0.3, 0.4) is 0 Å². The van der Waals surface area contributed by atoms with Gasteiger partial charge in [0, 0.05) is 12.8 Å². The fourth-order valence-corrected chi connectivity index (χ4v) is 12.1. The van der Waals surface area contributed by atoms with E-state index in [1.165, 1.54) is 347 Å². The van der Waals surface area contributed by atoms with Gasteiger partial charge in [0.1, 0.15) is 0 Å². The molecule has 0 aromatic rings. The minimum absolute atomic E-state index is 0.0103. The normalized spacial score (nSPS) is 12.7. The van der Waals surface area contributed by atoms with E-state index in [0.29, 0.717) is 19.4 Å². The summed E-state index contributed by atoms with van der Waals surface area (Å²) >= 11 is 0. The van der Waals surface area contributed by atoms with Crippen LogP contribution in [0.4, 0.5) is 0 Å². The molecule has 0 aliphatic carbocycles. The second kappa shape index (κ2) is 75.3. The first kappa shape index (κ1) is 83.8. The number of unbranched alkanes of at least 4 members (excludes halogenated alkanes) is 56. The molecule has 0 saturated carbocycles. The van der Waals surface area contributed by atoms with E-state index >= 15 is 0 Å². The van der Waals surface area contributed by atoms with Gasteiger partial charge in [0.25, 0.3) is 0 Å². The van der Waals surface area contributed by atoms with E-state index in [1.54, 1.807) is 6.08 Å². The summed E-state index contributed by atoms with van der Waals surface area (Å²) in [5.74, 6) is -0.0517. The van der Waals surface area contributed by atoms with Crippen molar-refractivity contribution < 1.29 is 24.5 Å². The molecule has 0 heterocycles. The molecule has 0 fully saturated rings. The zero-order chi connectivity index (χ0) is 62.0. The molecule has 0 bridgehead atoms. The lowest BCUT2D eigenvalue weighted by molar-refractivity contribution is -0.143. The van der Waals surface area contributed by atoms with Crippen molar-refractivity contribution in [2.24, 2.45) is 0 Å². The lowest BCUT2D eigenvalue weighted by Crippen LogP contribution is -2.45. The number of hydrogen-bond donors (Lipinski definition) is 3. The molecular formula is C80H151NO5. The van der Waals surface area contributed by atoms with Gasteiger partial charge in [0.15, 0.2) is 0 Å². The van der Waals surface area contributed by atoms with E-state index in [0.717, 1.165) is 51.4 Å². The number of aliphatic hydroxyl groups is 2. The first-order chi connectivity index (χ1) is 42.5. The predicted molar refractivity (Wildman–Crippen MR) is 379 cm³/mol. The quantitative estimate of drug-likeness (QED) is 0.0320. The third-order valence-corrected chi connectivity index (χ3v) is 18.1. The van der Waals surface area contributed by atoms with Crippen molar-refractivity contribution >= 4 is 11.9 Å². The molecule has 0 aliphatic heterocycles. The monoisotopic (exact) mass is 1210 g/mol. The van der Waals surface area contributed by atoms with E-state index in [4.69, 9.17) is 4.74 Å². The summed E-state index contributed by atoms with van der Waals surface area (Å²) in [6, 6.07) is -0.627. The summed E-state index contributed by atoms with van der Waals surface area (Å²) < 4.78 is 5.49. The highest BCUT2D eigenvalue weighted by Crippen LogP contribution is 2.19. The number of amides is 1. The Morgan fingerprint density at radius 2 is 0.581 bits per heavy atom. The van der Waals surface area contributed by atoms with E-state index in [1.807, 2.05) is 6.08 Å². The topological polar surface area (TPSA) is 95.9 Å². The molecule has 2 unspecified atom stereocenters. The minimum Gasteiger partial charge on any atom is -0.466 e. The minimum atomic E-state index is -0.844. The molecule has 0 aromatic heterocycles. The fourth-order valence-electron chi connectivity index (χ4n) is 12.1. The number of hydrogen-bond acceptors (Lipinski definition) is 5. The van der Waals surface area contributed by atoms with Gasteiger partial charge < -0.3 is 20.3 Å². The van der Waals surface area contributed by atoms with Crippen LogP contribution in [0.25, 0.3) is 0 Å². The van der Waals surface area contributed by atoms with Crippen LogP contribution in [0.5, 0.6) is 0 Å². The lowest BCUT2D eigenvalue weighted by Gasteiger charge is -2.20. The number of carbonyl (C=O) groups is 2. The number of nitrogens with one attached hydrogen (secondary N) is 1. The van der Waals surface area contributed by atoms with Crippen LogP contribution in [0.15, 0.2) is 48.6 Å². The maximum absolute atomic E-state index is 12.5. The average Bonchev–Trinajstić information content (AvgIpc) is 3.55. The molecule has 0 spiro atoms. The van der Waals surface area contributed by atoms with Crippen LogP contribution >= 0.6 is 0 Å². The number of carbonyl (C=O) groups excluding carboxylic acids is 2. The molecule has 6 heteroatoms. The summed E-state index contributed by atoms with van der Waals surface area (Å²) in [6.45, 7) is 4.93. The molecule has 6 nitrogen and oxygen atoms in total. The van der Waals surface area contributed by atoms with Crippen LogP contribution < -0.4 is 5.32 Å². The fraction of sp³-hybridized carbons (Fsp3) is 0.875. The van der Waals surface area contributed by atoms with Crippen molar-refractivity contribution in [2.75, 3.05) is 13.2 Å². The van der Waals surface area contributed by atoms with Crippen LogP contribution in [0, 0.1) is 0 Å². The SMILES string of the molecule is CCCCCCC/C=C\CCCCCCCC(=O)OCCCCCCCCCCCCCCC/C=C\C/C=C\CCCCCCCCCCCCCCCCCCCC(=O)NC(CO)C(O)/C=C/CCCCCCCCCCCCCCCCCC. The molecular weight excluding hydrogens is 1050 g/mol. The summed E-state index contributed by atoms with van der Waals surface area (Å²) in [5.41, 5.74) is 0. The number of esters is 1. The average molecular weight is 1210 g/mol. The third kappa shape index (κ3) is 70.9. The van der Waals surface area contributed by atoms with Crippen molar-refractivity contribution in [1.29, 1.82) is 0 Å². The van der Waals surface area contributed by atoms with Crippen molar-refractivity contribution in [3.63, 3.8) is 0 Å². The molecule has 1 amide bonds. The molecule has 2 atom stereocenters. The highest BCUT2D eigenvalue weighted by atomic mass is 16.5. The summed E-state index contributed by atoms with van der Waals surface area (Å²) in [5, 5.41) is 23.2. The molecule has 0 rings (SSSR count). The van der Waals surface area contributed by atoms with Gasteiger partial charge in [-0.2, -0.15) is 0 Å². The zero-order valence-electron chi connectivity index (χ0n) is 58.1. The Labute approximate surface area is 537 Å². The van der Waals surface area contributed by atoms with Gasteiger partial charge in [-0.05, 0) is 89.9 Å². The maximum Gasteiger partial charge on any atom is 0.305 e. The maximum atomic E-state index is 12.5. The molecule has 506 valence electrons. The van der Waals surface area contributed by atoms with Crippen LogP contribution in [0.2, 0.25) is 0 Å². The van der Waals surface area contributed by atoms with Crippen molar-refractivity contribution in [3.05, 3.63) is 48.6 Å².